The Labute approximate surface area is 126 Å². The van der Waals surface area contributed by atoms with Crippen molar-refractivity contribution in [2.75, 3.05) is 11.4 Å². The Balaban J connectivity index is 2.51. The van der Waals surface area contributed by atoms with E-state index < -0.39 is 5.60 Å². The number of carbonyl (C=O) groups is 1. The van der Waals surface area contributed by atoms with E-state index in [1.807, 2.05) is 32.0 Å². The zero-order valence-corrected chi connectivity index (χ0v) is 13.3. The summed E-state index contributed by atoms with van der Waals surface area (Å²) in [6.45, 7) is 11.9. The number of amides is 1. The third kappa shape index (κ3) is 2.95. The fourth-order valence-electron chi connectivity index (χ4n) is 2.48. The van der Waals surface area contributed by atoms with Crippen molar-refractivity contribution in [3.63, 3.8) is 0 Å². The van der Waals surface area contributed by atoms with Crippen LogP contribution in [0.3, 0.4) is 0 Å². The Bertz CT molecular complexity index is 578. The van der Waals surface area contributed by atoms with Crippen LogP contribution in [-0.2, 0) is 4.79 Å². The van der Waals surface area contributed by atoms with Gasteiger partial charge in [-0.2, -0.15) is 0 Å². The molecule has 4 nitrogen and oxygen atoms in total. The standard InChI is InChI=1S/C17H24N2O2/c1-6-13(18)12-7-8-15-14(9-12)19(10-11(2)3)16(20)17(4,5)21-15/h7-9,13H,2,6,10,18H2,1,3-5H3. The molecule has 2 N–H and O–H groups in total. The molecule has 1 amide bonds. The molecule has 4 heteroatoms. The summed E-state index contributed by atoms with van der Waals surface area (Å²) in [5.41, 5.74) is 7.96. The van der Waals surface area contributed by atoms with Crippen molar-refractivity contribution in [2.24, 2.45) is 5.73 Å². The fraction of sp³-hybridized carbons (Fsp3) is 0.471. The Hall–Kier alpha value is -1.81. The summed E-state index contributed by atoms with van der Waals surface area (Å²) in [6.07, 6.45) is 0.847. The molecule has 1 aromatic rings. The lowest BCUT2D eigenvalue weighted by Crippen LogP contribution is -2.53. The van der Waals surface area contributed by atoms with Crippen molar-refractivity contribution in [1.82, 2.24) is 0 Å². The van der Waals surface area contributed by atoms with Crippen molar-refractivity contribution >= 4 is 11.6 Å². The average molecular weight is 288 g/mol. The summed E-state index contributed by atoms with van der Waals surface area (Å²) in [5.74, 6) is 0.660. The van der Waals surface area contributed by atoms with E-state index in [0.29, 0.717) is 12.3 Å². The first-order valence-corrected chi connectivity index (χ1v) is 7.31. The summed E-state index contributed by atoms with van der Waals surface area (Å²) >= 11 is 0. The number of ether oxygens (including phenoxy) is 1. The van der Waals surface area contributed by atoms with Crippen molar-refractivity contribution in [3.05, 3.63) is 35.9 Å². The Morgan fingerprint density at radius 3 is 2.71 bits per heavy atom. The van der Waals surface area contributed by atoms with Crippen LogP contribution in [0.1, 0.15) is 45.7 Å². The second kappa shape index (κ2) is 5.53. The van der Waals surface area contributed by atoms with Gasteiger partial charge in [0, 0.05) is 12.6 Å². The van der Waals surface area contributed by atoms with Crippen LogP contribution in [0.2, 0.25) is 0 Å². The van der Waals surface area contributed by atoms with Crippen LogP contribution in [0, 0.1) is 0 Å². The number of nitrogens with two attached hydrogens (primary N) is 1. The van der Waals surface area contributed by atoms with Gasteiger partial charge < -0.3 is 15.4 Å². The van der Waals surface area contributed by atoms with Crippen LogP contribution in [0.25, 0.3) is 0 Å². The van der Waals surface area contributed by atoms with Crippen molar-refractivity contribution in [1.29, 1.82) is 0 Å². The predicted octanol–water partition coefficient (Wildman–Crippen LogP) is 3.18. The summed E-state index contributed by atoms with van der Waals surface area (Å²) in [5, 5.41) is 0. The molecule has 0 fully saturated rings. The van der Waals surface area contributed by atoms with Gasteiger partial charge in [-0.05, 0) is 44.9 Å². The molecule has 0 spiro atoms. The number of carbonyl (C=O) groups excluding carboxylic acids is 1. The maximum absolute atomic E-state index is 12.6. The van der Waals surface area contributed by atoms with Gasteiger partial charge in [0.05, 0.1) is 5.69 Å². The van der Waals surface area contributed by atoms with Gasteiger partial charge in [-0.25, -0.2) is 0 Å². The first-order valence-electron chi connectivity index (χ1n) is 7.31. The van der Waals surface area contributed by atoms with Gasteiger partial charge in [0.25, 0.3) is 5.91 Å². The summed E-state index contributed by atoms with van der Waals surface area (Å²) in [7, 11) is 0. The predicted molar refractivity (Wildman–Crippen MR) is 85.5 cm³/mol. The largest absolute Gasteiger partial charge is 0.476 e. The minimum absolute atomic E-state index is 0.0352. The second-order valence-corrected chi connectivity index (χ2v) is 6.20. The lowest BCUT2D eigenvalue weighted by atomic mass is 9.99. The summed E-state index contributed by atoms with van der Waals surface area (Å²) in [6, 6.07) is 5.80. The van der Waals surface area contributed by atoms with Crippen LogP contribution < -0.4 is 15.4 Å². The van der Waals surface area contributed by atoms with Crippen LogP contribution in [0.4, 0.5) is 5.69 Å². The van der Waals surface area contributed by atoms with E-state index in [4.69, 9.17) is 10.5 Å². The molecule has 1 aliphatic rings. The van der Waals surface area contributed by atoms with E-state index >= 15 is 0 Å². The molecule has 0 aliphatic carbocycles. The molecule has 1 atom stereocenters. The molecule has 1 aromatic carbocycles. The van der Waals surface area contributed by atoms with E-state index in [1.54, 1.807) is 18.7 Å². The molecule has 2 rings (SSSR count). The second-order valence-electron chi connectivity index (χ2n) is 6.20. The monoisotopic (exact) mass is 288 g/mol. The molecule has 21 heavy (non-hydrogen) atoms. The maximum atomic E-state index is 12.6. The molecule has 1 aliphatic heterocycles. The van der Waals surface area contributed by atoms with Gasteiger partial charge >= 0.3 is 0 Å². The van der Waals surface area contributed by atoms with Gasteiger partial charge in [0.2, 0.25) is 0 Å². The van der Waals surface area contributed by atoms with Crippen molar-refractivity contribution < 1.29 is 9.53 Å². The number of hydrogen-bond acceptors (Lipinski definition) is 3. The van der Waals surface area contributed by atoms with Crippen molar-refractivity contribution in [2.45, 2.75) is 45.8 Å². The minimum Gasteiger partial charge on any atom is -0.476 e. The van der Waals surface area contributed by atoms with E-state index in [1.165, 1.54) is 0 Å². The maximum Gasteiger partial charge on any atom is 0.270 e. The molecule has 1 unspecified atom stereocenters. The number of nitrogens with zero attached hydrogens (tertiary/aromatic N) is 1. The van der Waals surface area contributed by atoms with Gasteiger partial charge in [-0.15, -0.1) is 0 Å². The average Bonchev–Trinajstić information content (AvgIpc) is 2.42. The molecule has 1 heterocycles. The number of benzene rings is 1. The van der Waals surface area contributed by atoms with E-state index in [-0.39, 0.29) is 11.9 Å². The number of hydrogen-bond donors (Lipinski definition) is 1. The highest BCUT2D eigenvalue weighted by atomic mass is 16.5. The zero-order valence-electron chi connectivity index (χ0n) is 13.3. The topological polar surface area (TPSA) is 55.6 Å². The van der Waals surface area contributed by atoms with E-state index in [0.717, 1.165) is 23.2 Å². The highest BCUT2D eigenvalue weighted by molar-refractivity contribution is 6.02. The zero-order chi connectivity index (χ0) is 15.8. The fourth-order valence-corrected chi connectivity index (χ4v) is 2.48. The Morgan fingerprint density at radius 2 is 2.14 bits per heavy atom. The molecule has 0 saturated carbocycles. The SMILES string of the molecule is C=C(C)CN1C(=O)C(C)(C)Oc2ccc(C(N)CC)cc21. The third-order valence-corrected chi connectivity index (χ3v) is 3.70. The highest BCUT2D eigenvalue weighted by Gasteiger charge is 2.40. The Kier molecular flexibility index (Phi) is 4.10. The molecule has 0 bridgehead atoms. The van der Waals surface area contributed by atoms with Gasteiger partial charge in [-0.1, -0.05) is 25.1 Å². The molecule has 0 aromatic heterocycles. The van der Waals surface area contributed by atoms with Gasteiger partial charge in [0.15, 0.2) is 5.60 Å². The van der Waals surface area contributed by atoms with Crippen LogP contribution in [0.5, 0.6) is 5.75 Å². The van der Waals surface area contributed by atoms with Crippen molar-refractivity contribution in [3.8, 4) is 5.75 Å². The highest BCUT2D eigenvalue weighted by Crippen LogP contribution is 2.39. The normalized spacial score (nSPS) is 18.0. The van der Waals surface area contributed by atoms with Crippen LogP contribution in [-0.4, -0.2) is 18.1 Å². The molecular formula is C17H24N2O2. The Morgan fingerprint density at radius 1 is 1.48 bits per heavy atom. The molecule has 0 radical (unpaired) electrons. The third-order valence-electron chi connectivity index (χ3n) is 3.70. The van der Waals surface area contributed by atoms with Gasteiger partial charge in [-0.3, -0.25) is 4.79 Å². The quantitative estimate of drug-likeness (QED) is 0.866. The molecule has 114 valence electrons. The van der Waals surface area contributed by atoms with E-state index in [2.05, 4.69) is 6.58 Å². The first kappa shape index (κ1) is 15.6. The summed E-state index contributed by atoms with van der Waals surface area (Å²) < 4.78 is 5.85. The molecule has 0 saturated heterocycles. The number of fused-ring (bicyclic) bond motifs is 1. The van der Waals surface area contributed by atoms with Crippen LogP contribution >= 0.6 is 0 Å². The number of rotatable bonds is 4. The lowest BCUT2D eigenvalue weighted by Gasteiger charge is -2.39. The molecular weight excluding hydrogens is 264 g/mol. The minimum atomic E-state index is -0.864. The first-order chi connectivity index (χ1) is 9.76. The van der Waals surface area contributed by atoms with Crippen LogP contribution in [0.15, 0.2) is 30.4 Å². The lowest BCUT2D eigenvalue weighted by molar-refractivity contribution is -0.132. The van der Waals surface area contributed by atoms with E-state index in [9.17, 15) is 4.79 Å². The summed E-state index contributed by atoms with van der Waals surface area (Å²) in [4.78, 5) is 14.4. The number of anilines is 1. The smallest absolute Gasteiger partial charge is 0.270 e. The van der Waals surface area contributed by atoms with Gasteiger partial charge in [0.1, 0.15) is 5.75 Å².